The van der Waals surface area contributed by atoms with Crippen LogP contribution >= 0.6 is 27.3 Å². The van der Waals surface area contributed by atoms with Crippen molar-refractivity contribution in [3.05, 3.63) is 32.6 Å². The number of rotatable bonds is 5. The van der Waals surface area contributed by atoms with Gasteiger partial charge >= 0.3 is 0 Å². The molecule has 0 unspecified atom stereocenters. The Bertz CT molecular complexity index is 553. The van der Waals surface area contributed by atoms with Gasteiger partial charge in [0.2, 0.25) is 0 Å². The summed E-state index contributed by atoms with van der Waals surface area (Å²) in [5.41, 5.74) is 0. The van der Waals surface area contributed by atoms with E-state index in [9.17, 15) is 0 Å². The van der Waals surface area contributed by atoms with Crippen LogP contribution in [0.1, 0.15) is 42.4 Å². The van der Waals surface area contributed by atoms with Gasteiger partial charge in [-0.05, 0) is 22.4 Å². The second-order valence-corrected chi connectivity index (χ2v) is 6.53. The molecule has 6 heteroatoms. The fourth-order valence-electron chi connectivity index (χ4n) is 1.54. The van der Waals surface area contributed by atoms with Gasteiger partial charge in [0.1, 0.15) is 21.3 Å². The van der Waals surface area contributed by atoms with Gasteiger partial charge in [-0.25, -0.2) is 15.0 Å². The topological polar surface area (TPSA) is 50.7 Å². The van der Waals surface area contributed by atoms with Gasteiger partial charge in [0.15, 0.2) is 0 Å². The van der Waals surface area contributed by atoms with Crippen molar-refractivity contribution in [3.8, 4) is 0 Å². The number of thiazole rings is 1. The molecule has 0 saturated heterocycles. The molecule has 0 aromatic carbocycles. The summed E-state index contributed by atoms with van der Waals surface area (Å²) >= 11 is 5.16. The van der Waals surface area contributed by atoms with E-state index in [0.29, 0.717) is 12.5 Å². The van der Waals surface area contributed by atoms with Crippen molar-refractivity contribution in [2.75, 3.05) is 5.32 Å². The SMILES string of the molecule is CCc1cnc(CNc2cc(Br)nc(C(C)C)n2)s1. The standard InChI is InChI=1S/C13H17BrN4S/c1-4-9-6-16-12(19-9)7-15-11-5-10(14)17-13(18-11)8(2)3/h5-6,8H,4,7H2,1-3H3,(H,15,17,18). The lowest BCUT2D eigenvalue weighted by molar-refractivity contribution is 0.769. The summed E-state index contributed by atoms with van der Waals surface area (Å²) in [5.74, 6) is 1.98. The van der Waals surface area contributed by atoms with E-state index in [1.54, 1.807) is 11.3 Å². The van der Waals surface area contributed by atoms with Gasteiger partial charge in [0.05, 0.1) is 6.54 Å². The summed E-state index contributed by atoms with van der Waals surface area (Å²) < 4.78 is 0.807. The summed E-state index contributed by atoms with van der Waals surface area (Å²) in [7, 11) is 0. The van der Waals surface area contributed by atoms with Gasteiger partial charge in [0, 0.05) is 23.1 Å². The van der Waals surface area contributed by atoms with Crippen molar-refractivity contribution in [3.63, 3.8) is 0 Å². The van der Waals surface area contributed by atoms with Crippen LogP contribution in [0.3, 0.4) is 0 Å². The Morgan fingerprint density at radius 2 is 2.16 bits per heavy atom. The van der Waals surface area contributed by atoms with Gasteiger partial charge in [-0.15, -0.1) is 11.3 Å². The smallest absolute Gasteiger partial charge is 0.134 e. The third kappa shape index (κ3) is 3.98. The largest absolute Gasteiger partial charge is 0.363 e. The number of nitrogens with one attached hydrogen (secondary N) is 1. The molecule has 2 heterocycles. The molecule has 0 radical (unpaired) electrons. The van der Waals surface area contributed by atoms with E-state index in [1.807, 2.05) is 12.3 Å². The maximum atomic E-state index is 4.50. The lowest BCUT2D eigenvalue weighted by atomic mass is 10.2. The van der Waals surface area contributed by atoms with Crippen LogP contribution in [-0.4, -0.2) is 15.0 Å². The fourth-order valence-corrected chi connectivity index (χ4v) is 2.74. The van der Waals surface area contributed by atoms with Crippen LogP contribution in [0.15, 0.2) is 16.9 Å². The molecule has 2 rings (SSSR count). The molecule has 0 aliphatic carbocycles. The average Bonchev–Trinajstić information content (AvgIpc) is 2.83. The molecule has 1 N–H and O–H groups in total. The molecule has 2 aromatic rings. The van der Waals surface area contributed by atoms with E-state index in [2.05, 4.69) is 57.0 Å². The van der Waals surface area contributed by atoms with Crippen molar-refractivity contribution in [1.29, 1.82) is 0 Å². The first-order valence-corrected chi connectivity index (χ1v) is 7.91. The molecule has 0 fully saturated rings. The quantitative estimate of drug-likeness (QED) is 0.836. The van der Waals surface area contributed by atoms with Crippen molar-refractivity contribution in [1.82, 2.24) is 15.0 Å². The zero-order valence-electron chi connectivity index (χ0n) is 11.3. The Kier molecular flexibility index (Phi) is 4.87. The van der Waals surface area contributed by atoms with E-state index in [0.717, 1.165) is 27.7 Å². The maximum absolute atomic E-state index is 4.50. The lowest BCUT2D eigenvalue weighted by Gasteiger charge is -2.08. The van der Waals surface area contributed by atoms with Crippen molar-refractivity contribution in [2.45, 2.75) is 39.7 Å². The van der Waals surface area contributed by atoms with Gasteiger partial charge in [-0.2, -0.15) is 0 Å². The third-order valence-corrected chi connectivity index (χ3v) is 4.15. The molecule has 19 heavy (non-hydrogen) atoms. The minimum Gasteiger partial charge on any atom is -0.363 e. The Balaban J connectivity index is 2.06. The first kappa shape index (κ1) is 14.4. The highest BCUT2D eigenvalue weighted by Crippen LogP contribution is 2.19. The number of aromatic nitrogens is 3. The Morgan fingerprint density at radius 3 is 2.79 bits per heavy atom. The normalized spacial score (nSPS) is 11.0. The van der Waals surface area contributed by atoms with Crippen LogP contribution < -0.4 is 5.32 Å². The van der Waals surface area contributed by atoms with E-state index < -0.39 is 0 Å². The fraction of sp³-hybridized carbons (Fsp3) is 0.462. The first-order valence-electron chi connectivity index (χ1n) is 6.30. The molecule has 0 spiro atoms. The predicted octanol–water partition coefficient (Wildman–Crippen LogP) is 3.99. The van der Waals surface area contributed by atoms with E-state index in [-0.39, 0.29) is 0 Å². The molecule has 0 atom stereocenters. The molecular weight excluding hydrogens is 324 g/mol. The van der Waals surface area contributed by atoms with Gasteiger partial charge in [-0.1, -0.05) is 20.8 Å². The van der Waals surface area contributed by atoms with Crippen molar-refractivity contribution < 1.29 is 0 Å². The Labute approximate surface area is 125 Å². The number of halogens is 1. The molecular formula is C13H17BrN4S. The van der Waals surface area contributed by atoms with Crippen molar-refractivity contribution >= 4 is 33.1 Å². The van der Waals surface area contributed by atoms with E-state index >= 15 is 0 Å². The van der Waals surface area contributed by atoms with Crippen LogP contribution in [0.4, 0.5) is 5.82 Å². The van der Waals surface area contributed by atoms with Crippen LogP contribution in [0, 0.1) is 0 Å². The maximum Gasteiger partial charge on any atom is 0.134 e. The number of hydrogen-bond acceptors (Lipinski definition) is 5. The van der Waals surface area contributed by atoms with Gasteiger partial charge in [-0.3, -0.25) is 0 Å². The number of aryl methyl sites for hydroxylation is 1. The second kappa shape index (κ2) is 6.43. The zero-order valence-corrected chi connectivity index (χ0v) is 13.7. The molecule has 4 nitrogen and oxygen atoms in total. The Morgan fingerprint density at radius 1 is 1.37 bits per heavy atom. The van der Waals surface area contributed by atoms with Crippen LogP contribution in [-0.2, 0) is 13.0 Å². The third-order valence-electron chi connectivity index (χ3n) is 2.60. The molecule has 102 valence electrons. The van der Waals surface area contributed by atoms with Gasteiger partial charge < -0.3 is 5.32 Å². The summed E-state index contributed by atoms with van der Waals surface area (Å²) in [6.07, 6.45) is 2.98. The molecule has 0 aliphatic rings. The molecule has 0 amide bonds. The average molecular weight is 341 g/mol. The molecule has 0 bridgehead atoms. The lowest BCUT2D eigenvalue weighted by Crippen LogP contribution is -2.05. The minimum absolute atomic E-state index is 0.310. The predicted molar refractivity (Wildman–Crippen MR) is 82.6 cm³/mol. The number of hydrogen-bond donors (Lipinski definition) is 1. The zero-order chi connectivity index (χ0) is 13.8. The monoisotopic (exact) mass is 340 g/mol. The second-order valence-electron chi connectivity index (χ2n) is 4.52. The minimum atomic E-state index is 0.310. The van der Waals surface area contributed by atoms with Crippen LogP contribution in [0.25, 0.3) is 0 Å². The summed E-state index contributed by atoms with van der Waals surface area (Å²) in [6, 6.07) is 1.89. The Hall–Kier alpha value is -1.01. The van der Waals surface area contributed by atoms with E-state index in [1.165, 1.54) is 4.88 Å². The molecule has 2 aromatic heterocycles. The van der Waals surface area contributed by atoms with Crippen molar-refractivity contribution in [2.24, 2.45) is 0 Å². The van der Waals surface area contributed by atoms with Crippen LogP contribution in [0.2, 0.25) is 0 Å². The summed E-state index contributed by atoms with van der Waals surface area (Å²) in [5, 5.41) is 4.38. The van der Waals surface area contributed by atoms with E-state index in [4.69, 9.17) is 0 Å². The molecule has 0 saturated carbocycles. The number of nitrogens with zero attached hydrogens (tertiary/aromatic N) is 3. The number of anilines is 1. The first-order chi connectivity index (χ1) is 9.08. The summed E-state index contributed by atoms with van der Waals surface area (Å²) in [6.45, 7) is 7.01. The van der Waals surface area contributed by atoms with Gasteiger partial charge in [0.25, 0.3) is 0 Å². The summed E-state index contributed by atoms with van der Waals surface area (Å²) in [4.78, 5) is 14.5. The highest BCUT2D eigenvalue weighted by molar-refractivity contribution is 9.10. The molecule has 0 aliphatic heterocycles. The van der Waals surface area contributed by atoms with Crippen LogP contribution in [0.5, 0.6) is 0 Å². The highest BCUT2D eigenvalue weighted by Gasteiger charge is 2.07. The highest BCUT2D eigenvalue weighted by atomic mass is 79.9.